The molecule has 1 aliphatic heterocycles. The predicted molar refractivity (Wildman–Crippen MR) is 72.7 cm³/mol. The van der Waals surface area contributed by atoms with E-state index in [1.54, 1.807) is 11.3 Å². The number of thiophene rings is 1. The van der Waals surface area contributed by atoms with Crippen LogP contribution in [0.5, 0.6) is 0 Å². The second kappa shape index (κ2) is 6.31. The van der Waals surface area contributed by atoms with Crippen molar-refractivity contribution in [3.8, 4) is 0 Å². The Morgan fingerprint density at radius 2 is 2.50 bits per heavy atom. The zero-order valence-corrected chi connectivity index (χ0v) is 11.7. The summed E-state index contributed by atoms with van der Waals surface area (Å²) in [4.78, 5) is 15.3. The van der Waals surface area contributed by atoms with Crippen molar-refractivity contribution in [2.45, 2.75) is 25.0 Å². The molecule has 2 atom stereocenters. The fourth-order valence-electron chi connectivity index (χ4n) is 2.11. The Morgan fingerprint density at radius 3 is 3.06 bits per heavy atom. The molecule has 1 amide bonds. The Bertz CT molecular complexity index is 372. The van der Waals surface area contributed by atoms with Crippen molar-refractivity contribution in [1.29, 1.82) is 0 Å². The second-order valence-electron chi connectivity index (χ2n) is 4.74. The van der Waals surface area contributed by atoms with Gasteiger partial charge >= 0.3 is 0 Å². The van der Waals surface area contributed by atoms with Crippen LogP contribution < -0.4 is 5.32 Å². The second-order valence-corrected chi connectivity index (χ2v) is 5.72. The fraction of sp³-hybridized carbons (Fsp3) is 0.615. The Kier molecular flexibility index (Phi) is 4.74. The number of hydrogen-bond acceptors (Lipinski definition) is 4. The van der Waals surface area contributed by atoms with Gasteiger partial charge in [0.25, 0.3) is 0 Å². The van der Waals surface area contributed by atoms with Gasteiger partial charge in [0.1, 0.15) is 6.10 Å². The van der Waals surface area contributed by atoms with E-state index in [1.807, 2.05) is 20.2 Å². The van der Waals surface area contributed by atoms with Crippen molar-refractivity contribution in [3.63, 3.8) is 0 Å². The molecule has 5 heteroatoms. The van der Waals surface area contributed by atoms with Crippen LogP contribution in [0.4, 0.5) is 0 Å². The number of carbonyl (C=O) groups is 1. The molecular formula is C13H20N2O2S. The number of likely N-dealkylation sites (N-methyl/N-ethyl adjacent to an activating group) is 1. The van der Waals surface area contributed by atoms with Crippen LogP contribution in [0.3, 0.4) is 0 Å². The van der Waals surface area contributed by atoms with Crippen LogP contribution >= 0.6 is 11.3 Å². The van der Waals surface area contributed by atoms with Crippen molar-refractivity contribution >= 4 is 17.2 Å². The minimum Gasteiger partial charge on any atom is -0.368 e. The maximum Gasteiger partial charge on any atom is 0.249 e. The lowest BCUT2D eigenvalue weighted by molar-refractivity contribution is -0.130. The lowest BCUT2D eigenvalue weighted by Gasteiger charge is -2.24. The maximum absolute atomic E-state index is 11.9. The molecule has 0 aromatic carbocycles. The Morgan fingerprint density at radius 1 is 1.67 bits per heavy atom. The molecule has 2 heterocycles. The van der Waals surface area contributed by atoms with Gasteiger partial charge in [-0.05, 0) is 38.4 Å². The number of hydrogen-bond donors (Lipinski definition) is 1. The molecule has 1 saturated heterocycles. The lowest BCUT2D eigenvalue weighted by atomic mass is 10.2. The third kappa shape index (κ3) is 3.31. The molecule has 18 heavy (non-hydrogen) atoms. The van der Waals surface area contributed by atoms with E-state index in [4.69, 9.17) is 4.74 Å². The molecule has 2 rings (SSSR count). The van der Waals surface area contributed by atoms with E-state index in [1.165, 1.54) is 4.88 Å². The Hall–Kier alpha value is -0.910. The molecule has 100 valence electrons. The van der Waals surface area contributed by atoms with Gasteiger partial charge in [0.15, 0.2) is 0 Å². The van der Waals surface area contributed by atoms with Crippen LogP contribution in [0, 0.1) is 0 Å². The van der Waals surface area contributed by atoms with Gasteiger partial charge in [0, 0.05) is 18.0 Å². The van der Waals surface area contributed by atoms with E-state index < -0.39 is 0 Å². The third-order valence-electron chi connectivity index (χ3n) is 3.19. The first-order valence-corrected chi connectivity index (χ1v) is 7.15. The highest BCUT2D eigenvalue weighted by molar-refractivity contribution is 7.10. The number of carbonyl (C=O) groups excluding carboxylic acids is 1. The summed E-state index contributed by atoms with van der Waals surface area (Å²) in [6.07, 6.45) is 1.59. The molecule has 4 nitrogen and oxygen atoms in total. The van der Waals surface area contributed by atoms with Crippen LogP contribution in [0.2, 0.25) is 0 Å². The fourth-order valence-corrected chi connectivity index (χ4v) is 3.04. The van der Waals surface area contributed by atoms with Gasteiger partial charge < -0.3 is 15.0 Å². The first-order valence-electron chi connectivity index (χ1n) is 6.27. The lowest BCUT2D eigenvalue weighted by Crippen LogP contribution is -2.39. The molecular weight excluding hydrogens is 248 g/mol. The van der Waals surface area contributed by atoms with Crippen LogP contribution in [0.25, 0.3) is 0 Å². The van der Waals surface area contributed by atoms with Crippen molar-refractivity contribution in [3.05, 3.63) is 22.4 Å². The molecule has 1 aromatic rings. The van der Waals surface area contributed by atoms with Crippen molar-refractivity contribution in [2.24, 2.45) is 0 Å². The third-order valence-corrected chi connectivity index (χ3v) is 4.16. The van der Waals surface area contributed by atoms with E-state index in [0.717, 1.165) is 12.8 Å². The summed E-state index contributed by atoms with van der Waals surface area (Å²) in [5.41, 5.74) is 0. The van der Waals surface area contributed by atoms with Crippen molar-refractivity contribution < 1.29 is 9.53 Å². The highest BCUT2D eigenvalue weighted by Gasteiger charge is 2.24. The van der Waals surface area contributed by atoms with Crippen LogP contribution in [-0.2, 0) is 9.53 Å². The minimum atomic E-state index is -0.240. The van der Waals surface area contributed by atoms with Gasteiger partial charge in [-0.3, -0.25) is 4.79 Å². The smallest absolute Gasteiger partial charge is 0.249 e. The minimum absolute atomic E-state index is 0.0240. The van der Waals surface area contributed by atoms with Gasteiger partial charge in [-0.15, -0.1) is 11.3 Å². The molecule has 1 aromatic heterocycles. The zero-order valence-electron chi connectivity index (χ0n) is 10.9. The van der Waals surface area contributed by atoms with E-state index in [-0.39, 0.29) is 18.1 Å². The highest BCUT2D eigenvalue weighted by atomic mass is 32.1. The molecule has 0 spiro atoms. The van der Waals surface area contributed by atoms with Crippen LogP contribution in [0.15, 0.2) is 17.5 Å². The summed E-state index contributed by atoms with van der Waals surface area (Å²) in [5, 5.41) is 5.06. The van der Waals surface area contributed by atoms with E-state index in [9.17, 15) is 4.79 Å². The van der Waals surface area contributed by atoms with E-state index in [0.29, 0.717) is 13.2 Å². The van der Waals surface area contributed by atoms with Crippen molar-refractivity contribution in [1.82, 2.24) is 10.2 Å². The summed E-state index contributed by atoms with van der Waals surface area (Å²) >= 11 is 1.72. The number of amides is 1. The Labute approximate surface area is 112 Å². The van der Waals surface area contributed by atoms with Gasteiger partial charge in [-0.1, -0.05) is 6.07 Å². The number of rotatable bonds is 5. The van der Waals surface area contributed by atoms with Gasteiger partial charge in [-0.2, -0.15) is 0 Å². The van der Waals surface area contributed by atoms with Gasteiger partial charge in [0.05, 0.1) is 6.04 Å². The molecule has 0 aliphatic carbocycles. The largest absolute Gasteiger partial charge is 0.368 e. The standard InChI is InChI=1S/C13H20N2O2S/c1-15(2)10(12-6-4-8-18-12)9-14-13(16)11-5-3-7-17-11/h4,6,8,10-11H,3,5,7,9H2,1-2H3,(H,14,16). The zero-order chi connectivity index (χ0) is 13.0. The van der Waals surface area contributed by atoms with Crippen LogP contribution in [-0.4, -0.2) is 44.2 Å². The molecule has 2 unspecified atom stereocenters. The normalized spacial score (nSPS) is 21.2. The summed E-state index contributed by atoms with van der Waals surface area (Å²) < 4.78 is 5.38. The predicted octanol–water partition coefficient (Wildman–Crippen LogP) is 1.65. The monoisotopic (exact) mass is 268 g/mol. The van der Waals surface area contributed by atoms with Crippen molar-refractivity contribution in [2.75, 3.05) is 27.2 Å². The summed E-state index contributed by atoms with van der Waals surface area (Å²) in [5.74, 6) is 0.0240. The van der Waals surface area contributed by atoms with Crippen LogP contribution in [0.1, 0.15) is 23.8 Å². The molecule has 1 N–H and O–H groups in total. The van der Waals surface area contributed by atoms with Gasteiger partial charge in [-0.25, -0.2) is 0 Å². The average molecular weight is 268 g/mol. The molecule has 1 aliphatic rings. The number of nitrogens with zero attached hydrogens (tertiary/aromatic N) is 1. The van der Waals surface area contributed by atoms with E-state index in [2.05, 4.69) is 21.7 Å². The number of nitrogens with one attached hydrogen (secondary N) is 1. The highest BCUT2D eigenvalue weighted by Crippen LogP contribution is 2.22. The summed E-state index contributed by atoms with van der Waals surface area (Å²) in [6.45, 7) is 1.34. The SMILES string of the molecule is CN(C)C(CNC(=O)C1CCCO1)c1cccs1. The summed E-state index contributed by atoms with van der Waals surface area (Å²) in [7, 11) is 4.06. The van der Waals surface area contributed by atoms with Gasteiger partial charge in [0.2, 0.25) is 5.91 Å². The Balaban J connectivity index is 1.88. The first kappa shape index (κ1) is 13.5. The average Bonchev–Trinajstić information content (AvgIpc) is 3.01. The number of ether oxygens (including phenoxy) is 1. The molecule has 1 fully saturated rings. The van der Waals surface area contributed by atoms with E-state index >= 15 is 0 Å². The topological polar surface area (TPSA) is 41.6 Å². The molecule has 0 bridgehead atoms. The quantitative estimate of drug-likeness (QED) is 0.883. The maximum atomic E-state index is 11.9. The molecule has 0 saturated carbocycles. The summed E-state index contributed by atoms with van der Waals surface area (Å²) in [6, 6.07) is 4.38. The molecule has 0 radical (unpaired) electrons. The first-order chi connectivity index (χ1) is 8.68.